The fourth-order valence-corrected chi connectivity index (χ4v) is 1.49. The molecule has 1 aromatic heterocycles. The molecule has 2 N–H and O–H groups in total. The molecule has 0 fully saturated rings. The van der Waals surface area contributed by atoms with E-state index < -0.39 is 6.10 Å². The van der Waals surface area contributed by atoms with Crippen LogP contribution >= 0.6 is 0 Å². The fraction of sp³-hybridized carbons (Fsp3) is 0.769. The van der Waals surface area contributed by atoms with Gasteiger partial charge in [-0.3, -0.25) is 4.68 Å². The summed E-state index contributed by atoms with van der Waals surface area (Å²) in [6, 6.07) is 0. The average Bonchev–Trinajstić information content (AvgIpc) is 2.81. The van der Waals surface area contributed by atoms with Crippen LogP contribution in [0.15, 0.2) is 12.4 Å². The molecule has 0 aliphatic heterocycles. The first kappa shape index (κ1) is 15.9. The van der Waals surface area contributed by atoms with E-state index in [0.29, 0.717) is 26.4 Å². The van der Waals surface area contributed by atoms with Crippen molar-refractivity contribution in [3.05, 3.63) is 12.4 Å². The molecule has 0 aliphatic carbocycles. The van der Waals surface area contributed by atoms with Crippen LogP contribution < -0.4 is 5.32 Å². The third kappa shape index (κ3) is 7.81. The van der Waals surface area contributed by atoms with Crippen molar-refractivity contribution in [1.29, 1.82) is 0 Å². The highest BCUT2D eigenvalue weighted by molar-refractivity contribution is 5.37. The predicted molar refractivity (Wildman–Crippen MR) is 74.3 cm³/mol. The third-order valence-electron chi connectivity index (χ3n) is 2.57. The number of aliphatic hydroxyl groups is 1. The molecule has 0 amide bonds. The van der Waals surface area contributed by atoms with Gasteiger partial charge in [-0.2, -0.15) is 5.10 Å². The highest BCUT2D eigenvalue weighted by atomic mass is 16.5. The van der Waals surface area contributed by atoms with Crippen LogP contribution in [0, 0.1) is 0 Å². The maximum absolute atomic E-state index is 9.70. The zero-order valence-corrected chi connectivity index (χ0v) is 11.8. The van der Waals surface area contributed by atoms with E-state index in [1.165, 1.54) is 0 Å². The van der Waals surface area contributed by atoms with Gasteiger partial charge >= 0.3 is 0 Å². The van der Waals surface area contributed by atoms with Crippen molar-refractivity contribution < 1.29 is 14.6 Å². The Balaban J connectivity index is 1.94. The lowest BCUT2D eigenvalue weighted by Gasteiger charge is -2.12. The molecule has 0 saturated heterocycles. The zero-order chi connectivity index (χ0) is 13.9. The van der Waals surface area contributed by atoms with Crippen LogP contribution in [0.25, 0.3) is 0 Å². The number of unbranched alkanes of at least 4 members (excludes halogenated alkanes) is 1. The number of nitrogens with one attached hydrogen (secondary N) is 1. The summed E-state index contributed by atoms with van der Waals surface area (Å²) in [4.78, 5) is 0. The molecule has 1 rings (SSSR count). The van der Waals surface area contributed by atoms with Gasteiger partial charge in [0.05, 0.1) is 37.8 Å². The van der Waals surface area contributed by atoms with E-state index in [9.17, 15) is 5.11 Å². The number of ether oxygens (including phenoxy) is 2. The molecule has 0 aromatic carbocycles. The fourth-order valence-electron chi connectivity index (χ4n) is 1.49. The molecule has 110 valence electrons. The summed E-state index contributed by atoms with van der Waals surface area (Å²) in [5, 5.41) is 16.8. The second kappa shape index (κ2) is 9.77. The molecule has 6 nitrogen and oxygen atoms in total. The van der Waals surface area contributed by atoms with Crippen LogP contribution in [0.1, 0.15) is 19.8 Å². The Morgan fingerprint density at radius 2 is 2.16 bits per heavy atom. The minimum absolute atomic E-state index is 0.310. The summed E-state index contributed by atoms with van der Waals surface area (Å²) in [5.41, 5.74) is 0.893. The molecule has 0 bridgehead atoms. The van der Waals surface area contributed by atoms with E-state index in [4.69, 9.17) is 9.47 Å². The van der Waals surface area contributed by atoms with E-state index >= 15 is 0 Å². The van der Waals surface area contributed by atoms with Crippen LogP contribution in [0.4, 0.5) is 5.69 Å². The number of rotatable bonds is 11. The molecule has 0 radical (unpaired) electrons. The van der Waals surface area contributed by atoms with E-state index in [1.807, 2.05) is 13.2 Å². The number of aromatic nitrogens is 2. The van der Waals surface area contributed by atoms with Crippen molar-refractivity contribution >= 4 is 5.69 Å². The van der Waals surface area contributed by atoms with Gasteiger partial charge in [-0.05, 0) is 6.42 Å². The maximum Gasteiger partial charge on any atom is 0.0945 e. The Labute approximate surface area is 114 Å². The smallest absolute Gasteiger partial charge is 0.0945 e. The van der Waals surface area contributed by atoms with E-state index in [0.717, 1.165) is 25.1 Å². The van der Waals surface area contributed by atoms with Gasteiger partial charge in [0.1, 0.15) is 0 Å². The topological polar surface area (TPSA) is 68.5 Å². The van der Waals surface area contributed by atoms with Crippen LogP contribution in [-0.4, -0.2) is 54.0 Å². The highest BCUT2D eigenvalue weighted by Gasteiger charge is 2.04. The molecular weight excluding hydrogens is 246 g/mol. The van der Waals surface area contributed by atoms with Gasteiger partial charge in [-0.1, -0.05) is 13.3 Å². The van der Waals surface area contributed by atoms with Crippen molar-refractivity contribution in [1.82, 2.24) is 9.78 Å². The van der Waals surface area contributed by atoms with Gasteiger partial charge in [0, 0.05) is 26.4 Å². The van der Waals surface area contributed by atoms with Gasteiger partial charge in [0.15, 0.2) is 0 Å². The summed E-state index contributed by atoms with van der Waals surface area (Å²) in [7, 11) is 1.85. The number of hydrogen-bond acceptors (Lipinski definition) is 5. The summed E-state index contributed by atoms with van der Waals surface area (Å²) in [6.45, 7) is 4.78. The molecule has 0 aliphatic rings. The lowest BCUT2D eigenvalue weighted by atomic mass is 10.3. The van der Waals surface area contributed by atoms with E-state index in [1.54, 1.807) is 10.9 Å². The molecule has 6 heteroatoms. The van der Waals surface area contributed by atoms with Crippen LogP contribution in [-0.2, 0) is 16.5 Å². The Bertz CT molecular complexity index is 331. The van der Waals surface area contributed by atoms with Crippen molar-refractivity contribution in [2.45, 2.75) is 25.9 Å². The lowest BCUT2D eigenvalue weighted by molar-refractivity contribution is 0.00749. The molecule has 0 saturated carbocycles. The SMILES string of the molecule is CCCCOCCOCC(O)CNc1cnn(C)c1. The number of anilines is 1. The summed E-state index contributed by atoms with van der Waals surface area (Å²) >= 11 is 0. The molecule has 0 spiro atoms. The molecule has 1 heterocycles. The molecule has 19 heavy (non-hydrogen) atoms. The average molecular weight is 271 g/mol. The monoisotopic (exact) mass is 271 g/mol. The summed E-state index contributed by atoms with van der Waals surface area (Å²) < 4.78 is 12.4. The summed E-state index contributed by atoms with van der Waals surface area (Å²) in [5.74, 6) is 0. The Morgan fingerprint density at radius 3 is 2.84 bits per heavy atom. The van der Waals surface area contributed by atoms with Gasteiger partial charge in [-0.15, -0.1) is 0 Å². The van der Waals surface area contributed by atoms with Crippen LogP contribution in [0.2, 0.25) is 0 Å². The Hall–Kier alpha value is -1.11. The van der Waals surface area contributed by atoms with Crippen molar-refractivity contribution in [3.8, 4) is 0 Å². The van der Waals surface area contributed by atoms with Gasteiger partial charge in [0.25, 0.3) is 0 Å². The number of aliphatic hydroxyl groups excluding tert-OH is 1. The second-order valence-corrected chi connectivity index (χ2v) is 4.48. The number of aryl methyl sites for hydroxylation is 1. The predicted octanol–water partition coefficient (Wildman–Crippen LogP) is 1.03. The first-order chi connectivity index (χ1) is 9.22. The first-order valence-electron chi connectivity index (χ1n) is 6.78. The number of nitrogens with zero attached hydrogens (tertiary/aromatic N) is 2. The van der Waals surface area contributed by atoms with E-state index in [2.05, 4.69) is 17.3 Å². The largest absolute Gasteiger partial charge is 0.389 e. The molecule has 1 unspecified atom stereocenters. The first-order valence-corrected chi connectivity index (χ1v) is 6.78. The molecule has 1 atom stereocenters. The summed E-state index contributed by atoms with van der Waals surface area (Å²) in [6.07, 6.45) is 5.26. The number of hydrogen-bond donors (Lipinski definition) is 2. The third-order valence-corrected chi connectivity index (χ3v) is 2.57. The quantitative estimate of drug-likeness (QED) is 0.588. The Kier molecular flexibility index (Phi) is 8.20. The molecule has 1 aromatic rings. The zero-order valence-electron chi connectivity index (χ0n) is 11.8. The second-order valence-electron chi connectivity index (χ2n) is 4.48. The maximum atomic E-state index is 9.70. The van der Waals surface area contributed by atoms with Gasteiger partial charge < -0.3 is 19.9 Å². The van der Waals surface area contributed by atoms with Gasteiger partial charge in [-0.25, -0.2) is 0 Å². The van der Waals surface area contributed by atoms with Crippen LogP contribution in [0.5, 0.6) is 0 Å². The highest BCUT2D eigenvalue weighted by Crippen LogP contribution is 2.03. The van der Waals surface area contributed by atoms with Crippen molar-refractivity contribution in [3.63, 3.8) is 0 Å². The Morgan fingerprint density at radius 1 is 1.37 bits per heavy atom. The van der Waals surface area contributed by atoms with Crippen molar-refractivity contribution in [2.24, 2.45) is 7.05 Å². The minimum atomic E-state index is -0.532. The standard InChI is InChI=1S/C13H25N3O3/c1-3-4-5-18-6-7-19-11-13(17)9-14-12-8-15-16(2)10-12/h8,10,13-14,17H,3-7,9,11H2,1-2H3. The van der Waals surface area contributed by atoms with Crippen molar-refractivity contribution in [2.75, 3.05) is 38.3 Å². The molecular formula is C13H25N3O3. The van der Waals surface area contributed by atoms with Crippen LogP contribution in [0.3, 0.4) is 0 Å². The van der Waals surface area contributed by atoms with E-state index in [-0.39, 0.29) is 0 Å². The lowest BCUT2D eigenvalue weighted by Crippen LogP contribution is -2.25. The van der Waals surface area contributed by atoms with Gasteiger partial charge in [0.2, 0.25) is 0 Å². The minimum Gasteiger partial charge on any atom is -0.389 e. The normalized spacial score (nSPS) is 12.6.